The summed E-state index contributed by atoms with van der Waals surface area (Å²) in [5.74, 6) is 2.08. The van der Waals surface area contributed by atoms with Crippen molar-refractivity contribution >= 4 is 17.4 Å². The maximum atomic E-state index is 12.5. The van der Waals surface area contributed by atoms with Crippen LogP contribution in [-0.2, 0) is 12.8 Å². The Hall–Kier alpha value is -3.65. The number of carbonyl (C=O) groups is 1. The average molecular weight is 434 g/mol. The lowest BCUT2D eigenvalue weighted by molar-refractivity contribution is 0.0944. The predicted molar refractivity (Wildman–Crippen MR) is 121 cm³/mol. The van der Waals surface area contributed by atoms with Gasteiger partial charge < -0.3 is 24.8 Å². The number of benzene rings is 2. The first-order chi connectivity index (χ1) is 15.6. The third-order valence-corrected chi connectivity index (χ3v) is 5.45. The number of nitrogens with zero attached hydrogens (tertiary/aromatic N) is 3. The number of ether oxygens (including phenoxy) is 2. The Bertz CT molecular complexity index is 1100. The van der Waals surface area contributed by atoms with E-state index in [0.717, 1.165) is 52.8 Å². The summed E-state index contributed by atoms with van der Waals surface area (Å²) in [6, 6.07) is 13.4. The smallest absolute Gasteiger partial charge is 0.251 e. The molecule has 0 radical (unpaired) electrons. The molecule has 1 aliphatic rings. The number of anilines is 2. The molecule has 4 rings (SSSR count). The first-order valence-electron chi connectivity index (χ1n) is 10.4. The Labute approximate surface area is 186 Å². The van der Waals surface area contributed by atoms with Crippen LogP contribution in [0.5, 0.6) is 11.5 Å². The van der Waals surface area contributed by atoms with E-state index in [-0.39, 0.29) is 19.1 Å². The maximum Gasteiger partial charge on any atom is 0.251 e. The molecular weight excluding hydrogens is 408 g/mol. The number of carbonyl (C=O) groups excluding carboxylic acids is 1. The molecule has 8 heteroatoms. The summed E-state index contributed by atoms with van der Waals surface area (Å²) in [6.45, 7) is 0.870. The monoisotopic (exact) mass is 434 g/mol. The zero-order valence-electron chi connectivity index (χ0n) is 18.2. The van der Waals surface area contributed by atoms with Crippen LogP contribution in [0.25, 0.3) is 0 Å². The van der Waals surface area contributed by atoms with Gasteiger partial charge >= 0.3 is 0 Å². The van der Waals surface area contributed by atoms with Gasteiger partial charge in [0.1, 0.15) is 23.6 Å². The van der Waals surface area contributed by atoms with E-state index in [2.05, 4.69) is 20.2 Å². The summed E-state index contributed by atoms with van der Waals surface area (Å²) in [6.07, 6.45) is 2.91. The molecule has 166 valence electrons. The largest absolute Gasteiger partial charge is 0.497 e. The number of aromatic nitrogens is 2. The number of methoxy groups -OCH3 is 2. The molecule has 3 aromatic rings. The van der Waals surface area contributed by atoms with Gasteiger partial charge in [-0.25, -0.2) is 9.97 Å². The van der Waals surface area contributed by atoms with Gasteiger partial charge in [-0.3, -0.25) is 4.79 Å². The fraction of sp³-hybridized carbons (Fsp3) is 0.292. The topological polar surface area (TPSA) is 96.8 Å². The zero-order chi connectivity index (χ0) is 22.5. The van der Waals surface area contributed by atoms with Crippen molar-refractivity contribution < 1.29 is 19.4 Å². The lowest BCUT2D eigenvalue weighted by atomic mass is 10.0. The quantitative estimate of drug-likeness (QED) is 0.562. The highest BCUT2D eigenvalue weighted by molar-refractivity contribution is 5.98. The summed E-state index contributed by atoms with van der Waals surface area (Å²) in [5.41, 5.74) is 4.48. The third kappa shape index (κ3) is 4.50. The molecule has 2 N–H and O–H groups in total. The maximum absolute atomic E-state index is 12.5. The molecule has 0 unspecified atom stereocenters. The van der Waals surface area contributed by atoms with Crippen LogP contribution in [-0.4, -0.2) is 54.9 Å². The predicted octanol–water partition coefficient (Wildman–Crippen LogP) is 2.50. The first-order valence-corrected chi connectivity index (χ1v) is 10.4. The second kappa shape index (κ2) is 9.65. The Morgan fingerprint density at radius 2 is 1.91 bits per heavy atom. The molecule has 0 spiro atoms. The number of rotatable bonds is 8. The van der Waals surface area contributed by atoms with Crippen molar-refractivity contribution in [1.82, 2.24) is 15.3 Å². The lowest BCUT2D eigenvalue weighted by Gasteiger charge is -2.19. The van der Waals surface area contributed by atoms with Crippen molar-refractivity contribution in [3.05, 3.63) is 71.2 Å². The molecule has 1 aliphatic heterocycles. The number of hydrogen-bond acceptors (Lipinski definition) is 7. The van der Waals surface area contributed by atoms with Gasteiger partial charge in [-0.05, 0) is 41.8 Å². The van der Waals surface area contributed by atoms with E-state index in [9.17, 15) is 4.79 Å². The normalized spacial score (nSPS) is 12.4. The van der Waals surface area contributed by atoms with Gasteiger partial charge in [0.25, 0.3) is 5.91 Å². The van der Waals surface area contributed by atoms with Crippen molar-refractivity contribution in [1.29, 1.82) is 0 Å². The van der Waals surface area contributed by atoms with Crippen LogP contribution in [0.15, 0.2) is 48.8 Å². The minimum Gasteiger partial charge on any atom is -0.497 e. The second-order valence-corrected chi connectivity index (χ2v) is 7.45. The van der Waals surface area contributed by atoms with Gasteiger partial charge in [-0.2, -0.15) is 0 Å². The minimum atomic E-state index is -0.173. The van der Waals surface area contributed by atoms with Crippen molar-refractivity contribution in [3.8, 4) is 11.5 Å². The van der Waals surface area contributed by atoms with Crippen LogP contribution in [0.3, 0.4) is 0 Å². The van der Waals surface area contributed by atoms with E-state index in [4.69, 9.17) is 14.6 Å². The summed E-state index contributed by atoms with van der Waals surface area (Å²) >= 11 is 0. The Balaban J connectivity index is 1.59. The Kier molecular flexibility index (Phi) is 6.51. The molecule has 0 bridgehead atoms. The summed E-state index contributed by atoms with van der Waals surface area (Å²) in [4.78, 5) is 23.5. The standard InChI is InChI=1S/C24H26N4O4/c1-31-18-11-16(12-19(14-18)32-2)10-17-13-23(27-15-26-17)28-8-6-20-21(4-3-5-22(20)28)24(30)25-7-9-29/h3-5,11-15,29H,6-10H2,1-2H3,(H,25,30). The highest BCUT2D eigenvalue weighted by Crippen LogP contribution is 2.35. The molecule has 1 aromatic heterocycles. The van der Waals surface area contributed by atoms with Crippen molar-refractivity contribution in [3.63, 3.8) is 0 Å². The van der Waals surface area contributed by atoms with Crippen LogP contribution in [0.2, 0.25) is 0 Å². The molecule has 2 heterocycles. The number of hydrogen-bond donors (Lipinski definition) is 2. The van der Waals surface area contributed by atoms with Crippen LogP contribution in [0.1, 0.15) is 27.2 Å². The molecule has 0 aliphatic carbocycles. The van der Waals surface area contributed by atoms with E-state index >= 15 is 0 Å². The fourth-order valence-corrected chi connectivity index (χ4v) is 3.96. The molecule has 2 aromatic carbocycles. The van der Waals surface area contributed by atoms with E-state index in [1.54, 1.807) is 20.5 Å². The lowest BCUT2D eigenvalue weighted by Crippen LogP contribution is -2.27. The molecule has 0 atom stereocenters. The number of fused-ring (bicyclic) bond motifs is 1. The molecule has 1 amide bonds. The highest BCUT2D eigenvalue weighted by atomic mass is 16.5. The van der Waals surface area contributed by atoms with Gasteiger partial charge in [-0.15, -0.1) is 0 Å². The molecule has 32 heavy (non-hydrogen) atoms. The minimum absolute atomic E-state index is 0.0875. The van der Waals surface area contributed by atoms with Gasteiger partial charge in [0.15, 0.2) is 0 Å². The summed E-state index contributed by atoms with van der Waals surface area (Å²) < 4.78 is 10.7. The molecular formula is C24H26N4O4. The average Bonchev–Trinajstić information content (AvgIpc) is 3.26. The number of amides is 1. The van der Waals surface area contributed by atoms with Crippen LogP contribution >= 0.6 is 0 Å². The number of aliphatic hydroxyl groups excluding tert-OH is 1. The molecule has 0 saturated carbocycles. The SMILES string of the molecule is COc1cc(Cc2cc(N3CCc4c(C(=O)NCCO)cccc43)ncn2)cc(OC)c1. The fourth-order valence-electron chi connectivity index (χ4n) is 3.96. The van der Waals surface area contributed by atoms with Crippen molar-refractivity contribution in [2.24, 2.45) is 0 Å². The number of aliphatic hydroxyl groups is 1. The Morgan fingerprint density at radius 1 is 1.12 bits per heavy atom. The molecule has 8 nitrogen and oxygen atoms in total. The van der Waals surface area contributed by atoms with Gasteiger partial charge in [-0.1, -0.05) is 6.07 Å². The zero-order valence-corrected chi connectivity index (χ0v) is 18.2. The highest BCUT2D eigenvalue weighted by Gasteiger charge is 2.26. The van der Waals surface area contributed by atoms with Crippen LogP contribution in [0.4, 0.5) is 11.5 Å². The summed E-state index contributed by atoms with van der Waals surface area (Å²) in [5, 5.41) is 11.7. The van der Waals surface area contributed by atoms with Gasteiger partial charge in [0.2, 0.25) is 0 Å². The number of nitrogens with one attached hydrogen (secondary N) is 1. The van der Waals surface area contributed by atoms with E-state index < -0.39 is 0 Å². The Morgan fingerprint density at radius 3 is 2.62 bits per heavy atom. The third-order valence-electron chi connectivity index (χ3n) is 5.45. The van der Waals surface area contributed by atoms with E-state index in [1.165, 1.54) is 0 Å². The van der Waals surface area contributed by atoms with Crippen molar-refractivity contribution in [2.75, 3.05) is 38.8 Å². The van der Waals surface area contributed by atoms with Crippen LogP contribution in [0, 0.1) is 0 Å². The first kappa shape index (κ1) is 21.6. The van der Waals surface area contributed by atoms with E-state index in [0.29, 0.717) is 12.0 Å². The molecule has 0 saturated heterocycles. The molecule has 0 fully saturated rings. The van der Waals surface area contributed by atoms with Crippen LogP contribution < -0.4 is 19.7 Å². The van der Waals surface area contributed by atoms with Gasteiger partial charge in [0, 0.05) is 42.9 Å². The summed E-state index contributed by atoms with van der Waals surface area (Å²) in [7, 11) is 3.26. The van der Waals surface area contributed by atoms with Gasteiger partial charge in [0.05, 0.1) is 26.5 Å². The van der Waals surface area contributed by atoms with E-state index in [1.807, 2.05) is 42.5 Å². The van der Waals surface area contributed by atoms with Crippen molar-refractivity contribution in [2.45, 2.75) is 12.8 Å². The second-order valence-electron chi connectivity index (χ2n) is 7.45.